The first-order chi connectivity index (χ1) is 13.4. The fourth-order valence-electron chi connectivity index (χ4n) is 3.46. The van der Waals surface area contributed by atoms with E-state index in [0.717, 1.165) is 11.3 Å². The second-order valence-electron chi connectivity index (χ2n) is 6.73. The van der Waals surface area contributed by atoms with Gasteiger partial charge in [-0.3, -0.25) is 4.99 Å². The van der Waals surface area contributed by atoms with Crippen molar-refractivity contribution in [1.82, 2.24) is 0 Å². The van der Waals surface area contributed by atoms with Gasteiger partial charge in [0, 0.05) is 10.2 Å². The number of anilines is 1. The fourth-order valence-corrected chi connectivity index (χ4v) is 6.71. The average molecular weight is 485 g/mol. The van der Waals surface area contributed by atoms with Crippen LogP contribution in [0.2, 0.25) is 0 Å². The number of sulfone groups is 1. The molecule has 1 saturated heterocycles. The van der Waals surface area contributed by atoms with Crippen LogP contribution in [0.1, 0.15) is 5.56 Å². The van der Waals surface area contributed by atoms with E-state index in [9.17, 15) is 12.8 Å². The van der Waals surface area contributed by atoms with Crippen LogP contribution >= 0.6 is 27.7 Å². The first-order valence-corrected chi connectivity index (χ1v) is 12.2. The lowest BCUT2D eigenvalue weighted by atomic mass is 10.1. The number of halogens is 2. The van der Waals surface area contributed by atoms with Gasteiger partial charge in [0.2, 0.25) is 0 Å². The van der Waals surface area contributed by atoms with Gasteiger partial charge in [-0.05, 0) is 35.9 Å². The highest BCUT2D eigenvalue weighted by Crippen LogP contribution is 2.37. The molecule has 4 rings (SSSR count). The van der Waals surface area contributed by atoms with Crippen molar-refractivity contribution < 1.29 is 17.5 Å². The van der Waals surface area contributed by atoms with Crippen LogP contribution in [0.5, 0.6) is 5.75 Å². The topological polar surface area (TPSA) is 59.0 Å². The summed E-state index contributed by atoms with van der Waals surface area (Å²) in [5, 5.41) is 0.655. The highest BCUT2D eigenvalue weighted by atomic mass is 79.9. The fraction of sp³-hybridized carbons (Fsp3) is 0.316. The van der Waals surface area contributed by atoms with Gasteiger partial charge < -0.3 is 9.64 Å². The van der Waals surface area contributed by atoms with Crippen molar-refractivity contribution in [2.75, 3.05) is 23.5 Å². The summed E-state index contributed by atoms with van der Waals surface area (Å²) in [6, 6.07) is 11.8. The van der Waals surface area contributed by atoms with E-state index < -0.39 is 15.7 Å². The Labute approximate surface area is 176 Å². The molecule has 2 aromatic carbocycles. The maximum absolute atomic E-state index is 14.7. The molecule has 0 unspecified atom stereocenters. The van der Waals surface area contributed by atoms with Crippen molar-refractivity contribution in [2.24, 2.45) is 4.99 Å². The molecule has 2 heterocycles. The average Bonchev–Trinajstić information content (AvgIpc) is 3.12. The van der Waals surface area contributed by atoms with E-state index in [1.54, 1.807) is 24.1 Å². The molecule has 2 aromatic rings. The number of rotatable bonds is 4. The molecule has 0 N–H and O–H groups in total. The summed E-state index contributed by atoms with van der Waals surface area (Å²) >= 11 is 4.75. The second-order valence-corrected chi connectivity index (χ2v) is 10.7. The molecule has 1 fully saturated rings. The van der Waals surface area contributed by atoms with Crippen molar-refractivity contribution in [3.8, 4) is 5.75 Å². The van der Waals surface area contributed by atoms with Gasteiger partial charge in [-0.25, -0.2) is 12.8 Å². The van der Waals surface area contributed by atoms with E-state index in [2.05, 4.69) is 20.9 Å². The van der Waals surface area contributed by atoms with Gasteiger partial charge in [0.05, 0.1) is 36.4 Å². The number of thioether (sulfide) groups is 1. The number of aliphatic imine (C=N–C) groups is 1. The van der Waals surface area contributed by atoms with Gasteiger partial charge in [-0.15, -0.1) is 0 Å². The van der Waals surface area contributed by atoms with Crippen LogP contribution in [0, 0.1) is 5.82 Å². The molecule has 0 amide bonds. The number of nitrogens with zero attached hydrogens (tertiary/aromatic N) is 2. The van der Waals surface area contributed by atoms with Crippen molar-refractivity contribution in [2.45, 2.75) is 17.8 Å². The molecule has 28 heavy (non-hydrogen) atoms. The predicted octanol–water partition coefficient (Wildman–Crippen LogP) is 3.87. The minimum absolute atomic E-state index is 0.0106. The van der Waals surface area contributed by atoms with Gasteiger partial charge in [0.25, 0.3) is 0 Å². The lowest BCUT2D eigenvalue weighted by Crippen LogP contribution is -2.39. The number of hydrogen-bond acceptors (Lipinski definition) is 6. The Bertz CT molecular complexity index is 1030. The van der Waals surface area contributed by atoms with Gasteiger partial charge in [0.15, 0.2) is 15.0 Å². The summed E-state index contributed by atoms with van der Waals surface area (Å²) in [4.78, 5) is 6.39. The third-order valence-corrected chi connectivity index (χ3v) is 8.03. The molecule has 0 aliphatic carbocycles. The minimum Gasteiger partial charge on any atom is -0.497 e. The number of benzene rings is 2. The van der Waals surface area contributed by atoms with Crippen molar-refractivity contribution in [3.63, 3.8) is 0 Å². The molecule has 0 radical (unpaired) electrons. The Morgan fingerprint density at radius 2 is 2.00 bits per heavy atom. The van der Waals surface area contributed by atoms with Gasteiger partial charge in [-0.1, -0.05) is 39.8 Å². The molecule has 2 aliphatic heterocycles. The highest BCUT2D eigenvalue weighted by molar-refractivity contribution is 9.10. The van der Waals surface area contributed by atoms with E-state index in [1.807, 2.05) is 24.3 Å². The zero-order valence-corrected chi connectivity index (χ0v) is 18.2. The number of fused-ring (bicyclic) bond motifs is 1. The number of hydrogen-bond donors (Lipinski definition) is 0. The summed E-state index contributed by atoms with van der Waals surface area (Å²) in [5.74, 6) is 1.02. The molecule has 0 bridgehead atoms. The minimum atomic E-state index is -3.17. The summed E-state index contributed by atoms with van der Waals surface area (Å²) in [7, 11) is -1.55. The first-order valence-electron chi connectivity index (χ1n) is 8.64. The molecule has 9 heteroatoms. The third-order valence-electron chi connectivity index (χ3n) is 4.80. The molecule has 2 atom stereocenters. The van der Waals surface area contributed by atoms with Crippen molar-refractivity contribution in [3.05, 3.63) is 58.3 Å². The maximum atomic E-state index is 14.7. The van der Waals surface area contributed by atoms with Crippen molar-refractivity contribution >= 4 is 48.4 Å². The zero-order valence-electron chi connectivity index (χ0n) is 15.0. The van der Waals surface area contributed by atoms with Crippen LogP contribution in [0.3, 0.4) is 0 Å². The molecule has 5 nitrogen and oxygen atoms in total. The Balaban J connectivity index is 1.61. The predicted molar refractivity (Wildman–Crippen MR) is 115 cm³/mol. The SMILES string of the molecule is COc1ccc(CSC2=N[C@H]3CS(=O)(=O)C[C@@H]3N2c2ccc(Br)cc2F)cc1. The third kappa shape index (κ3) is 3.92. The van der Waals surface area contributed by atoms with Crippen LogP contribution in [0.4, 0.5) is 10.1 Å². The molecule has 148 valence electrons. The standard InChI is InChI=1S/C19H18BrFN2O3S2/c1-26-14-5-2-12(3-6-14)9-27-19-22-16-10-28(24,25)11-18(16)23(19)17-7-4-13(20)8-15(17)21/h2-8,16,18H,9-11H2,1H3/t16-,18-/m0/s1. The first kappa shape index (κ1) is 19.7. The molecular formula is C19H18BrFN2O3S2. The summed E-state index contributed by atoms with van der Waals surface area (Å²) in [6.45, 7) is 0. The Hall–Kier alpha value is -1.58. The van der Waals surface area contributed by atoms with E-state index in [1.165, 1.54) is 17.8 Å². The second kappa shape index (κ2) is 7.68. The van der Waals surface area contributed by atoms with E-state index in [0.29, 0.717) is 21.1 Å². The van der Waals surface area contributed by atoms with Crippen LogP contribution in [0.15, 0.2) is 51.9 Å². The summed E-state index contributed by atoms with van der Waals surface area (Å²) in [5.41, 5.74) is 1.43. The van der Waals surface area contributed by atoms with Gasteiger partial charge in [-0.2, -0.15) is 0 Å². The van der Waals surface area contributed by atoms with Crippen LogP contribution in [-0.4, -0.2) is 44.3 Å². The molecular weight excluding hydrogens is 467 g/mol. The largest absolute Gasteiger partial charge is 0.497 e. The maximum Gasteiger partial charge on any atom is 0.164 e. The molecule has 2 aliphatic rings. The lowest BCUT2D eigenvalue weighted by molar-refractivity contribution is 0.414. The lowest BCUT2D eigenvalue weighted by Gasteiger charge is -2.27. The zero-order chi connectivity index (χ0) is 19.9. The highest BCUT2D eigenvalue weighted by Gasteiger charge is 2.47. The smallest absolute Gasteiger partial charge is 0.164 e. The van der Waals surface area contributed by atoms with Crippen molar-refractivity contribution in [1.29, 1.82) is 0 Å². The van der Waals surface area contributed by atoms with E-state index in [4.69, 9.17) is 4.74 Å². The monoisotopic (exact) mass is 484 g/mol. The Morgan fingerprint density at radius 1 is 1.25 bits per heavy atom. The quantitative estimate of drug-likeness (QED) is 0.658. The molecule has 0 saturated carbocycles. The summed E-state index contributed by atoms with van der Waals surface area (Å²) < 4.78 is 44.7. The Kier molecular flexibility index (Phi) is 5.41. The van der Waals surface area contributed by atoms with E-state index >= 15 is 0 Å². The van der Waals surface area contributed by atoms with E-state index in [-0.39, 0.29) is 23.6 Å². The number of ether oxygens (including phenoxy) is 1. The van der Waals surface area contributed by atoms with Crippen LogP contribution < -0.4 is 9.64 Å². The number of amidine groups is 1. The normalized spacial score (nSPS) is 22.8. The van der Waals surface area contributed by atoms with Gasteiger partial charge in [0.1, 0.15) is 11.6 Å². The number of methoxy groups -OCH3 is 1. The van der Waals surface area contributed by atoms with Crippen LogP contribution in [0.25, 0.3) is 0 Å². The van der Waals surface area contributed by atoms with Crippen LogP contribution in [-0.2, 0) is 15.6 Å². The Morgan fingerprint density at radius 3 is 2.68 bits per heavy atom. The summed E-state index contributed by atoms with van der Waals surface area (Å²) in [6.07, 6.45) is 0. The van der Waals surface area contributed by atoms with Gasteiger partial charge >= 0.3 is 0 Å². The molecule has 0 spiro atoms. The molecule has 0 aromatic heterocycles.